The number of carbonyl (C=O) groups is 1. The number of amides is 1. The third-order valence-electron chi connectivity index (χ3n) is 3.94. The zero-order chi connectivity index (χ0) is 16.4. The van der Waals surface area contributed by atoms with Gasteiger partial charge in [0.1, 0.15) is 0 Å². The summed E-state index contributed by atoms with van der Waals surface area (Å²) in [6.07, 6.45) is 3.92. The van der Waals surface area contributed by atoms with E-state index in [0.29, 0.717) is 5.56 Å². The predicted molar refractivity (Wildman–Crippen MR) is 89.2 cm³/mol. The lowest BCUT2D eigenvalue weighted by atomic mass is 10.1. The molecule has 1 atom stereocenters. The molecule has 1 aliphatic heterocycles. The van der Waals surface area contributed by atoms with Crippen LogP contribution in [0.4, 0.5) is 11.4 Å². The number of hydrogen-bond acceptors (Lipinski definition) is 3. The Kier molecular flexibility index (Phi) is 3.93. The monoisotopic (exact) mass is 308 g/mol. The Morgan fingerprint density at radius 2 is 2.04 bits per heavy atom. The number of nitro benzene ring substituents is 1. The fraction of sp³-hybridized carbons (Fsp3) is 0.167. The Hall–Kier alpha value is -2.95. The summed E-state index contributed by atoms with van der Waals surface area (Å²) in [6, 6.07) is 14.2. The van der Waals surface area contributed by atoms with E-state index < -0.39 is 4.92 Å². The van der Waals surface area contributed by atoms with E-state index in [-0.39, 0.29) is 17.6 Å². The average Bonchev–Trinajstić information content (AvgIpc) is 2.88. The first kappa shape index (κ1) is 15.0. The molecular formula is C18H16N2O3. The maximum absolute atomic E-state index is 12.5. The summed E-state index contributed by atoms with van der Waals surface area (Å²) in [7, 11) is 0. The Labute approximate surface area is 134 Å². The van der Waals surface area contributed by atoms with Gasteiger partial charge < -0.3 is 4.90 Å². The molecule has 0 bridgehead atoms. The summed E-state index contributed by atoms with van der Waals surface area (Å²) in [6.45, 7) is 2.01. The molecule has 2 aromatic carbocycles. The lowest BCUT2D eigenvalue weighted by Gasteiger charge is -2.20. The van der Waals surface area contributed by atoms with Crippen molar-refractivity contribution in [3.8, 4) is 0 Å². The molecule has 0 aliphatic carbocycles. The van der Waals surface area contributed by atoms with Crippen molar-refractivity contribution in [2.45, 2.75) is 19.4 Å². The number of para-hydroxylation sites is 1. The molecule has 0 unspecified atom stereocenters. The smallest absolute Gasteiger partial charge is 0.270 e. The van der Waals surface area contributed by atoms with Gasteiger partial charge in [-0.2, -0.15) is 0 Å². The highest BCUT2D eigenvalue weighted by Crippen LogP contribution is 2.32. The number of carbonyl (C=O) groups excluding carboxylic acids is 1. The third-order valence-corrected chi connectivity index (χ3v) is 3.94. The van der Waals surface area contributed by atoms with Gasteiger partial charge in [-0.3, -0.25) is 14.9 Å². The van der Waals surface area contributed by atoms with Gasteiger partial charge in [0.2, 0.25) is 0 Å². The summed E-state index contributed by atoms with van der Waals surface area (Å²) in [5, 5.41) is 10.8. The van der Waals surface area contributed by atoms with Crippen LogP contribution in [0.3, 0.4) is 0 Å². The van der Waals surface area contributed by atoms with Crippen molar-refractivity contribution in [3.63, 3.8) is 0 Å². The van der Waals surface area contributed by atoms with E-state index in [4.69, 9.17) is 0 Å². The summed E-state index contributed by atoms with van der Waals surface area (Å²) in [4.78, 5) is 24.6. The van der Waals surface area contributed by atoms with E-state index in [1.807, 2.05) is 31.2 Å². The van der Waals surface area contributed by atoms with Gasteiger partial charge >= 0.3 is 0 Å². The zero-order valence-corrected chi connectivity index (χ0v) is 12.7. The van der Waals surface area contributed by atoms with Crippen molar-refractivity contribution in [3.05, 3.63) is 75.8 Å². The number of benzene rings is 2. The Morgan fingerprint density at radius 1 is 1.26 bits per heavy atom. The Morgan fingerprint density at radius 3 is 2.83 bits per heavy atom. The molecule has 1 heterocycles. The molecule has 0 aromatic heterocycles. The molecular weight excluding hydrogens is 292 g/mol. The molecule has 1 amide bonds. The molecule has 5 heteroatoms. The lowest BCUT2D eigenvalue weighted by Crippen LogP contribution is -2.34. The van der Waals surface area contributed by atoms with Crippen LogP contribution in [0.1, 0.15) is 18.1 Å². The zero-order valence-electron chi connectivity index (χ0n) is 12.7. The molecule has 0 saturated carbocycles. The maximum Gasteiger partial charge on any atom is 0.270 e. The topological polar surface area (TPSA) is 63.5 Å². The number of anilines is 1. The molecule has 0 saturated heterocycles. The van der Waals surface area contributed by atoms with Gasteiger partial charge in [0.15, 0.2) is 0 Å². The Balaban J connectivity index is 1.82. The molecule has 3 rings (SSSR count). The van der Waals surface area contributed by atoms with Crippen LogP contribution in [0.25, 0.3) is 6.08 Å². The largest absolute Gasteiger partial charge is 0.305 e. The summed E-state index contributed by atoms with van der Waals surface area (Å²) < 4.78 is 0. The molecule has 0 fully saturated rings. The van der Waals surface area contributed by atoms with Crippen molar-refractivity contribution in [1.82, 2.24) is 0 Å². The van der Waals surface area contributed by atoms with E-state index >= 15 is 0 Å². The second-order valence-electron chi connectivity index (χ2n) is 5.58. The maximum atomic E-state index is 12.5. The normalized spacial score (nSPS) is 16.6. The van der Waals surface area contributed by atoms with E-state index in [1.54, 1.807) is 23.1 Å². The van der Waals surface area contributed by atoms with Gasteiger partial charge in [-0.15, -0.1) is 0 Å². The standard InChI is InChI=1S/C18H16N2O3/c1-13-11-15-6-2-3-8-17(15)19(13)18(21)10-9-14-5-4-7-16(12-14)20(22)23/h2-10,12-13H,11H2,1H3/b10-9+/t13-/m1/s1. The Bertz CT molecular complexity index is 798. The van der Waals surface area contributed by atoms with Crippen LogP contribution in [0, 0.1) is 10.1 Å². The third kappa shape index (κ3) is 2.99. The molecule has 0 spiro atoms. The van der Waals surface area contributed by atoms with Crippen LogP contribution in [-0.2, 0) is 11.2 Å². The van der Waals surface area contributed by atoms with Crippen LogP contribution in [-0.4, -0.2) is 16.9 Å². The van der Waals surface area contributed by atoms with Gasteiger partial charge in [0, 0.05) is 29.9 Å². The first-order valence-corrected chi connectivity index (χ1v) is 7.40. The number of non-ortho nitro benzene ring substituents is 1. The number of nitro groups is 1. The molecule has 1 aliphatic rings. The van der Waals surface area contributed by atoms with Gasteiger partial charge in [-0.25, -0.2) is 0 Å². The van der Waals surface area contributed by atoms with E-state index in [1.165, 1.54) is 18.2 Å². The van der Waals surface area contributed by atoms with Crippen LogP contribution >= 0.6 is 0 Å². The molecule has 2 aromatic rings. The van der Waals surface area contributed by atoms with Crippen LogP contribution in [0.5, 0.6) is 0 Å². The second-order valence-corrected chi connectivity index (χ2v) is 5.58. The molecule has 0 N–H and O–H groups in total. The fourth-order valence-corrected chi connectivity index (χ4v) is 2.89. The SMILES string of the molecule is C[C@@H]1Cc2ccccc2N1C(=O)/C=C/c1cccc([N+](=O)[O-])c1. The van der Waals surface area contributed by atoms with E-state index in [9.17, 15) is 14.9 Å². The highest BCUT2D eigenvalue weighted by Gasteiger charge is 2.29. The number of nitrogens with zero attached hydrogens (tertiary/aromatic N) is 2. The lowest BCUT2D eigenvalue weighted by molar-refractivity contribution is -0.384. The molecule has 23 heavy (non-hydrogen) atoms. The first-order chi connectivity index (χ1) is 11.1. The number of rotatable bonds is 3. The van der Waals surface area contributed by atoms with Gasteiger partial charge in [0.25, 0.3) is 11.6 Å². The summed E-state index contributed by atoms with van der Waals surface area (Å²) in [5.41, 5.74) is 2.75. The van der Waals surface area contributed by atoms with Crippen molar-refractivity contribution < 1.29 is 9.72 Å². The number of fused-ring (bicyclic) bond motifs is 1. The van der Waals surface area contributed by atoms with Crippen LogP contribution in [0.2, 0.25) is 0 Å². The molecule has 5 nitrogen and oxygen atoms in total. The van der Waals surface area contributed by atoms with Gasteiger partial charge in [0.05, 0.1) is 4.92 Å². The number of hydrogen-bond donors (Lipinski definition) is 0. The minimum atomic E-state index is -0.446. The van der Waals surface area contributed by atoms with Crippen LogP contribution in [0.15, 0.2) is 54.6 Å². The molecule has 0 radical (unpaired) electrons. The average molecular weight is 308 g/mol. The molecule has 116 valence electrons. The highest BCUT2D eigenvalue weighted by molar-refractivity contribution is 6.05. The quantitative estimate of drug-likeness (QED) is 0.494. The summed E-state index contributed by atoms with van der Waals surface area (Å²) >= 11 is 0. The van der Waals surface area contributed by atoms with Crippen molar-refractivity contribution >= 4 is 23.4 Å². The van der Waals surface area contributed by atoms with Gasteiger partial charge in [-0.1, -0.05) is 30.3 Å². The predicted octanol–water partition coefficient (Wildman–Crippen LogP) is 3.59. The van der Waals surface area contributed by atoms with Crippen molar-refractivity contribution in [2.24, 2.45) is 0 Å². The second kappa shape index (κ2) is 6.04. The highest BCUT2D eigenvalue weighted by atomic mass is 16.6. The van der Waals surface area contributed by atoms with Crippen molar-refractivity contribution in [1.29, 1.82) is 0 Å². The van der Waals surface area contributed by atoms with Gasteiger partial charge in [-0.05, 0) is 36.6 Å². The fourth-order valence-electron chi connectivity index (χ4n) is 2.89. The summed E-state index contributed by atoms with van der Waals surface area (Å²) in [5.74, 6) is -0.117. The van der Waals surface area contributed by atoms with Crippen molar-refractivity contribution in [2.75, 3.05) is 4.90 Å². The van der Waals surface area contributed by atoms with E-state index in [2.05, 4.69) is 0 Å². The first-order valence-electron chi connectivity index (χ1n) is 7.40. The van der Waals surface area contributed by atoms with E-state index in [0.717, 1.165) is 17.7 Å². The minimum Gasteiger partial charge on any atom is -0.305 e. The van der Waals surface area contributed by atoms with Crippen LogP contribution < -0.4 is 4.90 Å². The minimum absolute atomic E-state index is 0.0134.